The van der Waals surface area contributed by atoms with Gasteiger partial charge in [-0.25, -0.2) is 0 Å². The van der Waals surface area contributed by atoms with Crippen molar-refractivity contribution in [2.24, 2.45) is 23.7 Å². The van der Waals surface area contributed by atoms with Gasteiger partial charge in [0.05, 0.1) is 58.3 Å². The van der Waals surface area contributed by atoms with Crippen molar-refractivity contribution in [3.63, 3.8) is 0 Å². The number of aromatic hydroxyl groups is 1. The van der Waals surface area contributed by atoms with Gasteiger partial charge >= 0.3 is 0 Å². The molecule has 2 aliphatic heterocycles. The van der Waals surface area contributed by atoms with Crippen molar-refractivity contribution >= 4 is 85.5 Å². The zero-order valence-electron chi connectivity index (χ0n) is 32.2. The summed E-state index contributed by atoms with van der Waals surface area (Å²) in [6, 6.07) is 31.9. The van der Waals surface area contributed by atoms with Crippen LogP contribution in [-0.2, 0) is 24.6 Å². The second-order valence-corrected chi connectivity index (χ2v) is 17.0. The second-order valence-electron chi connectivity index (χ2n) is 15.3. The number of hydrogen-bond donors (Lipinski definition) is 3. The number of nitrogens with one attached hydrogen (secondary N) is 2. The third-order valence-electron chi connectivity index (χ3n) is 12.4. The predicted molar refractivity (Wildman–Crippen MR) is 232 cm³/mol. The van der Waals surface area contributed by atoms with E-state index < -0.39 is 46.8 Å². The molecule has 304 valence electrons. The van der Waals surface area contributed by atoms with Gasteiger partial charge in [0, 0.05) is 22.3 Å². The number of phenols is 1. The highest BCUT2D eigenvalue weighted by molar-refractivity contribution is 9.10. The molecule has 2 heterocycles. The van der Waals surface area contributed by atoms with Crippen molar-refractivity contribution in [1.29, 1.82) is 0 Å². The molecule has 1 saturated carbocycles. The molecule has 3 fully saturated rings. The van der Waals surface area contributed by atoms with Crippen LogP contribution in [-0.4, -0.2) is 48.0 Å². The minimum Gasteiger partial charge on any atom is -0.503 e. The van der Waals surface area contributed by atoms with Gasteiger partial charge in [-0.1, -0.05) is 65.2 Å². The van der Waals surface area contributed by atoms with E-state index in [4.69, 9.17) is 32.7 Å². The first-order valence-corrected chi connectivity index (χ1v) is 20.8. The van der Waals surface area contributed by atoms with Gasteiger partial charge < -0.3 is 19.9 Å². The minimum atomic E-state index is -1.60. The SMILES string of the molecule is COc1ccc([C@@]23C(=O)N(Nc4ccc(Cl)cc4Cl)C(=O)[C@@H]2C[C@@H]2C(=CC[C@@H]4C(=O)N(c5ccc(Nc6ccccc6)cc5)C(=O)[C@@H]42)[C@@H]3c2cc(Br)c(O)c(OC)c2)cc1. The zero-order chi connectivity index (χ0) is 42.0. The van der Waals surface area contributed by atoms with E-state index in [0.717, 1.165) is 22.0 Å². The lowest BCUT2D eigenvalue weighted by atomic mass is 9.49. The van der Waals surface area contributed by atoms with Gasteiger partial charge in [-0.3, -0.25) is 29.5 Å². The fourth-order valence-electron chi connectivity index (χ4n) is 9.77. The summed E-state index contributed by atoms with van der Waals surface area (Å²) in [6.45, 7) is 0. The Hall–Kier alpha value is -5.82. The molecule has 3 N–H and O–H groups in total. The fourth-order valence-corrected chi connectivity index (χ4v) is 10.7. The van der Waals surface area contributed by atoms with Crippen LogP contribution in [0.1, 0.15) is 29.9 Å². The van der Waals surface area contributed by atoms with Crippen LogP contribution >= 0.6 is 39.1 Å². The average molecular weight is 909 g/mol. The Labute approximate surface area is 364 Å². The monoisotopic (exact) mass is 906 g/mol. The number of hydrogen-bond acceptors (Lipinski definition) is 9. The lowest BCUT2D eigenvalue weighted by Gasteiger charge is -2.50. The van der Waals surface area contributed by atoms with E-state index in [0.29, 0.717) is 32.1 Å². The molecule has 6 atom stereocenters. The molecule has 5 aromatic rings. The molecule has 0 bridgehead atoms. The molecule has 0 radical (unpaired) electrons. The maximum Gasteiger partial charge on any atom is 0.260 e. The second kappa shape index (κ2) is 15.3. The number of hydrazine groups is 1. The van der Waals surface area contributed by atoms with Gasteiger partial charge in [-0.2, -0.15) is 5.01 Å². The standard InChI is InChI=1S/C46H37BrCl2N4O7/c1-59-30-15-8-25(9-16-30)46-34(43(56)53(45(46)58)51-37-19-10-26(48)22-36(37)49)23-33-31(40(46)24-20-35(47)41(54)38(21-24)60-2)17-18-32-39(33)44(57)52(42(32)55)29-13-11-28(12-14-29)50-27-6-4-3-5-7-27/h3-17,19-22,32-34,39-40,50-51,54H,18,23H2,1-2H3/t32-,33+,34-,39-,40-,46+/m0/s1. The summed E-state index contributed by atoms with van der Waals surface area (Å²) in [6.07, 6.45) is 2.28. The van der Waals surface area contributed by atoms with Gasteiger partial charge in [-0.15, -0.1) is 0 Å². The third-order valence-corrected chi connectivity index (χ3v) is 13.5. The smallest absolute Gasteiger partial charge is 0.260 e. The van der Waals surface area contributed by atoms with Gasteiger partial charge in [0.15, 0.2) is 11.5 Å². The number of methoxy groups -OCH3 is 2. The summed E-state index contributed by atoms with van der Waals surface area (Å²) >= 11 is 16.3. The number of benzene rings is 5. The van der Waals surface area contributed by atoms with Crippen LogP contribution in [0.3, 0.4) is 0 Å². The van der Waals surface area contributed by atoms with Crippen molar-refractivity contribution in [2.45, 2.75) is 24.2 Å². The van der Waals surface area contributed by atoms with E-state index in [1.165, 1.54) is 18.1 Å². The van der Waals surface area contributed by atoms with E-state index in [-0.39, 0.29) is 46.9 Å². The summed E-state index contributed by atoms with van der Waals surface area (Å²) < 4.78 is 11.4. The van der Waals surface area contributed by atoms with Crippen LogP contribution in [0, 0.1) is 23.7 Å². The maximum atomic E-state index is 15.6. The van der Waals surface area contributed by atoms with Crippen LogP contribution < -0.4 is 25.1 Å². The first kappa shape index (κ1) is 39.6. The maximum absolute atomic E-state index is 15.6. The highest BCUT2D eigenvalue weighted by Gasteiger charge is 2.70. The fraction of sp³-hybridized carbons (Fsp3) is 0.217. The average Bonchev–Trinajstić information content (AvgIpc) is 3.63. The van der Waals surface area contributed by atoms with Crippen molar-refractivity contribution in [3.05, 3.63) is 146 Å². The Morgan fingerprint density at radius 2 is 1.52 bits per heavy atom. The van der Waals surface area contributed by atoms with Crippen LogP contribution in [0.4, 0.5) is 22.7 Å². The van der Waals surface area contributed by atoms with Crippen LogP contribution in [0.5, 0.6) is 17.2 Å². The number of halogens is 3. The largest absolute Gasteiger partial charge is 0.503 e. The highest BCUT2D eigenvalue weighted by Crippen LogP contribution is 2.65. The number of nitrogens with zero attached hydrogens (tertiary/aromatic N) is 2. The summed E-state index contributed by atoms with van der Waals surface area (Å²) in [5, 5.41) is 15.9. The predicted octanol–water partition coefficient (Wildman–Crippen LogP) is 9.41. The summed E-state index contributed by atoms with van der Waals surface area (Å²) in [7, 11) is 2.97. The third kappa shape index (κ3) is 6.22. The quantitative estimate of drug-likeness (QED) is 0.0976. The minimum absolute atomic E-state index is 0.0792. The number of anilines is 4. The van der Waals surface area contributed by atoms with Gasteiger partial charge in [0.1, 0.15) is 5.75 Å². The number of imide groups is 2. The number of rotatable bonds is 9. The molecule has 14 heteroatoms. The Morgan fingerprint density at radius 3 is 2.20 bits per heavy atom. The topological polar surface area (TPSA) is 138 Å². The number of fused-ring (bicyclic) bond motifs is 4. The number of para-hydroxylation sites is 1. The molecule has 4 aliphatic rings. The van der Waals surface area contributed by atoms with Crippen molar-refractivity contribution in [1.82, 2.24) is 5.01 Å². The molecule has 2 aliphatic carbocycles. The lowest BCUT2D eigenvalue weighted by Crippen LogP contribution is -2.53. The lowest BCUT2D eigenvalue weighted by molar-refractivity contribution is -0.138. The molecule has 5 aromatic carbocycles. The Bertz CT molecular complexity index is 2610. The normalized spacial score (nSPS) is 24.4. The van der Waals surface area contributed by atoms with Crippen LogP contribution in [0.25, 0.3) is 0 Å². The molecule has 0 spiro atoms. The van der Waals surface area contributed by atoms with Gasteiger partial charge in [-0.05, 0) is 125 Å². The Morgan fingerprint density at radius 1 is 0.800 bits per heavy atom. The molecular weight excluding hydrogens is 871 g/mol. The number of ether oxygens (including phenoxy) is 2. The van der Waals surface area contributed by atoms with Crippen molar-refractivity contribution < 1.29 is 33.8 Å². The first-order valence-electron chi connectivity index (χ1n) is 19.3. The van der Waals surface area contributed by atoms with Crippen LogP contribution in [0.15, 0.2) is 125 Å². The van der Waals surface area contributed by atoms with E-state index >= 15 is 9.59 Å². The molecule has 9 rings (SSSR count). The Balaban J connectivity index is 1.18. The molecule has 0 aromatic heterocycles. The summed E-state index contributed by atoms with van der Waals surface area (Å²) in [4.78, 5) is 61.1. The summed E-state index contributed by atoms with van der Waals surface area (Å²) in [5.41, 5.74) is 5.63. The van der Waals surface area contributed by atoms with Crippen molar-refractivity contribution in [2.75, 3.05) is 29.9 Å². The van der Waals surface area contributed by atoms with Gasteiger partial charge in [0.2, 0.25) is 11.8 Å². The molecular formula is C46H37BrCl2N4O7. The molecule has 11 nitrogen and oxygen atoms in total. The van der Waals surface area contributed by atoms with E-state index in [1.54, 1.807) is 67.8 Å². The zero-order valence-corrected chi connectivity index (χ0v) is 35.3. The van der Waals surface area contributed by atoms with Crippen molar-refractivity contribution in [3.8, 4) is 17.2 Å². The molecule has 2 saturated heterocycles. The highest BCUT2D eigenvalue weighted by atomic mass is 79.9. The molecule has 4 amide bonds. The van der Waals surface area contributed by atoms with Gasteiger partial charge in [0.25, 0.3) is 11.8 Å². The van der Waals surface area contributed by atoms with Crippen LogP contribution in [0.2, 0.25) is 10.0 Å². The number of carbonyl (C=O) groups is 4. The number of allylic oxidation sites excluding steroid dienone is 2. The number of carbonyl (C=O) groups excluding carboxylic acids is 4. The van der Waals surface area contributed by atoms with E-state index in [9.17, 15) is 14.7 Å². The number of phenolic OH excluding ortho intramolecular Hbond substituents is 1. The summed E-state index contributed by atoms with van der Waals surface area (Å²) in [5.74, 6) is -5.31. The number of amides is 4. The molecule has 0 unspecified atom stereocenters. The Kier molecular flexibility index (Phi) is 10.1. The molecule has 60 heavy (non-hydrogen) atoms. The van der Waals surface area contributed by atoms with E-state index in [1.807, 2.05) is 48.5 Å². The van der Waals surface area contributed by atoms with E-state index in [2.05, 4.69) is 26.7 Å². The first-order chi connectivity index (χ1) is 29.0.